The summed E-state index contributed by atoms with van der Waals surface area (Å²) in [5, 5.41) is 6.96. The Morgan fingerprint density at radius 1 is 1.30 bits per heavy atom. The van der Waals surface area contributed by atoms with Gasteiger partial charge in [0, 0.05) is 6.54 Å². The number of carbonyl (C=O) groups is 1. The minimum absolute atomic E-state index is 0.0248. The van der Waals surface area contributed by atoms with Gasteiger partial charge in [-0.3, -0.25) is 4.79 Å². The van der Waals surface area contributed by atoms with Gasteiger partial charge in [-0.1, -0.05) is 18.2 Å². The Hall–Kier alpha value is -2.27. The second kappa shape index (κ2) is 9.00. The van der Waals surface area contributed by atoms with E-state index >= 15 is 0 Å². The highest BCUT2D eigenvalue weighted by molar-refractivity contribution is 7.07. The molecule has 1 heterocycles. The third-order valence-corrected chi connectivity index (χ3v) is 3.95. The zero-order valence-electron chi connectivity index (χ0n) is 13.4. The van der Waals surface area contributed by atoms with Gasteiger partial charge in [-0.15, -0.1) is 0 Å². The molecule has 0 aliphatic heterocycles. The normalized spacial score (nSPS) is 10.7. The van der Waals surface area contributed by atoms with Crippen LogP contribution in [0, 0.1) is 0 Å². The summed E-state index contributed by atoms with van der Waals surface area (Å²) in [7, 11) is 1.59. The number of amides is 1. The van der Waals surface area contributed by atoms with Crippen LogP contribution in [0.1, 0.15) is 18.1 Å². The fourth-order valence-electron chi connectivity index (χ4n) is 2.08. The van der Waals surface area contributed by atoms with Crippen LogP contribution in [0.3, 0.4) is 0 Å². The minimum atomic E-state index is -0.139. The van der Waals surface area contributed by atoms with Gasteiger partial charge in [0.25, 0.3) is 5.91 Å². The molecule has 1 N–H and O–H groups in total. The van der Waals surface area contributed by atoms with E-state index in [1.165, 1.54) is 5.56 Å². The average molecular weight is 331 g/mol. The molecule has 0 atom stereocenters. The highest BCUT2D eigenvalue weighted by Gasteiger charge is 2.08. The van der Waals surface area contributed by atoms with Crippen molar-refractivity contribution in [1.82, 2.24) is 5.32 Å². The predicted octanol–water partition coefficient (Wildman–Crippen LogP) is 3.53. The smallest absolute Gasteiger partial charge is 0.257 e. The van der Waals surface area contributed by atoms with Crippen molar-refractivity contribution in [1.29, 1.82) is 0 Å². The number of thiophene rings is 1. The van der Waals surface area contributed by atoms with Gasteiger partial charge in [0.15, 0.2) is 18.1 Å². The first-order chi connectivity index (χ1) is 11.2. The topological polar surface area (TPSA) is 47.6 Å². The lowest BCUT2D eigenvalue weighted by Crippen LogP contribution is -2.30. The summed E-state index contributed by atoms with van der Waals surface area (Å²) in [5.74, 6) is 1.04. The first kappa shape index (κ1) is 17.1. The van der Waals surface area contributed by atoms with Gasteiger partial charge in [-0.25, -0.2) is 0 Å². The molecular weight excluding hydrogens is 310 g/mol. The molecule has 0 spiro atoms. The van der Waals surface area contributed by atoms with E-state index in [-0.39, 0.29) is 12.5 Å². The van der Waals surface area contributed by atoms with Gasteiger partial charge < -0.3 is 14.8 Å². The SMILES string of the molecule is C/C=C/c1ccc(OCC(=O)NCCc2ccsc2)c(OC)c1. The molecule has 1 aromatic heterocycles. The van der Waals surface area contributed by atoms with Crippen LogP contribution in [0.5, 0.6) is 11.5 Å². The van der Waals surface area contributed by atoms with E-state index in [1.807, 2.05) is 42.7 Å². The molecule has 0 fully saturated rings. The van der Waals surface area contributed by atoms with Crippen LogP contribution in [-0.2, 0) is 11.2 Å². The van der Waals surface area contributed by atoms with Gasteiger partial charge >= 0.3 is 0 Å². The maximum absolute atomic E-state index is 11.8. The second-order valence-corrected chi connectivity index (χ2v) is 5.71. The summed E-state index contributed by atoms with van der Waals surface area (Å²) in [6.45, 7) is 2.54. The number of allylic oxidation sites excluding steroid dienone is 1. The summed E-state index contributed by atoms with van der Waals surface area (Å²) in [6.07, 6.45) is 4.76. The average Bonchev–Trinajstić information content (AvgIpc) is 3.07. The maximum atomic E-state index is 11.8. The third-order valence-electron chi connectivity index (χ3n) is 3.22. The Morgan fingerprint density at radius 2 is 2.17 bits per heavy atom. The highest BCUT2D eigenvalue weighted by Crippen LogP contribution is 2.28. The van der Waals surface area contributed by atoms with Crippen LogP contribution in [0.2, 0.25) is 0 Å². The van der Waals surface area contributed by atoms with E-state index in [9.17, 15) is 4.79 Å². The van der Waals surface area contributed by atoms with Crippen molar-refractivity contribution in [3.63, 3.8) is 0 Å². The van der Waals surface area contributed by atoms with Gasteiger partial charge in [-0.2, -0.15) is 11.3 Å². The molecule has 1 amide bonds. The first-order valence-electron chi connectivity index (χ1n) is 7.44. The molecule has 122 valence electrons. The van der Waals surface area contributed by atoms with Crippen molar-refractivity contribution in [2.45, 2.75) is 13.3 Å². The van der Waals surface area contributed by atoms with Gasteiger partial charge in [-0.05, 0) is 53.4 Å². The Labute approximate surface area is 140 Å². The fraction of sp³-hybridized carbons (Fsp3) is 0.278. The second-order valence-electron chi connectivity index (χ2n) is 4.93. The molecule has 0 bridgehead atoms. The largest absolute Gasteiger partial charge is 0.493 e. The van der Waals surface area contributed by atoms with Crippen molar-refractivity contribution in [3.05, 3.63) is 52.2 Å². The molecule has 0 radical (unpaired) electrons. The van der Waals surface area contributed by atoms with Gasteiger partial charge in [0.1, 0.15) is 0 Å². The Balaban J connectivity index is 1.81. The first-order valence-corrected chi connectivity index (χ1v) is 8.38. The Morgan fingerprint density at radius 3 is 2.87 bits per heavy atom. The van der Waals surface area contributed by atoms with Crippen LogP contribution in [-0.4, -0.2) is 26.2 Å². The highest BCUT2D eigenvalue weighted by atomic mass is 32.1. The van der Waals surface area contributed by atoms with Crippen molar-refractivity contribution in [3.8, 4) is 11.5 Å². The van der Waals surface area contributed by atoms with Gasteiger partial charge in [0.05, 0.1) is 7.11 Å². The molecule has 0 unspecified atom stereocenters. The summed E-state index contributed by atoms with van der Waals surface area (Å²) in [6, 6.07) is 7.67. The zero-order valence-corrected chi connectivity index (χ0v) is 14.2. The molecule has 1 aromatic carbocycles. The van der Waals surface area contributed by atoms with E-state index in [2.05, 4.69) is 16.8 Å². The van der Waals surface area contributed by atoms with E-state index in [0.717, 1.165) is 12.0 Å². The number of ether oxygens (including phenoxy) is 2. The monoisotopic (exact) mass is 331 g/mol. The standard InChI is InChI=1S/C18H21NO3S/c1-3-4-14-5-6-16(17(11-14)21-2)22-12-18(20)19-9-7-15-8-10-23-13-15/h3-6,8,10-11,13H,7,9,12H2,1-2H3,(H,19,20)/b4-3+. The summed E-state index contributed by atoms with van der Waals surface area (Å²) >= 11 is 1.66. The fourth-order valence-corrected chi connectivity index (χ4v) is 2.78. The number of carbonyl (C=O) groups excluding carboxylic acids is 1. The third kappa shape index (κ3) is 5.45. The number of hydrogen-bond donors (Lipinski definition) is 1. The molecular formula is C18H21NO3S. The van der Waals surface area contributed by atoms with Crippen LogP contribution < -0.4 is 14.8 Å². The van der Waals surface area contributed by atoms with E-state index in [1.54, 1.807) is 18.4 Å². The number of rotatable bonds is 8. The molecule has 0 saturated carbocycles. The lowest BCUT2D eigenvalue weighted by Gasteiger charge is -2.11. The molecule has 0 aliphatic rings. The van der Waals surface area contributed by atoms with Crippen molar-refractivity contribution in [2.75, 3.05) is 20.3 Å². The quantitative estimate of drug-likeness (QED) is 0.805. The molecule has 2 aromatic rings. The van der Waals surface area contributed by atoms with Crippen molar-refractivity contribution < 1.29 is 14.3 Å². The van der Waals surface area contributed by atoms with Crippen molar-refractivity contribution in [2.24, 2.45) is 0 Å². The number of benzene rings is 1. The maximum Gasteiger partial charge on any atom is 0.257 e. The molecule has 0 aliphatic carbocycles. The minimum Gasteiger partial charge on any atom is -0.493 e. The molecule has 4 nitrogen and oxygen atoms in total. The Kier molecular flexibility index (Phi) is 6.69. The van der Waals surface area contributed by atoms with Gasteiger partial charge in [0.2, 0.25) is 0 Å². The van der Waals surface area contributed by atoms with E-state index < -0.39 is 0 Å². The molecule has 5 heteroatoms. The summed E-state index contributed by atoms with van der Waals surface area (Å²) in [5.41, 5.74) is 2.26. The zero-order chi connectivity index (χ0) is 16.5. The molecule has 2 rings (SSSR count). The summed E-state index contributed by atoms with van der Waals surface area (Å²) < 4.78 is 10.9. The van der Waals surface area contributed by atoms with E-state index in [4.69, 9.17) is 9.47 Å². The van der Waals surface area contributed by atoms with Crippen LogP contribution in [0.25, 0.3) is 6.08 Å². The van der Waals surface area contributed by atoms with E-state index in [0.29, 0.717) is 18.0 Å². The predicted molar refractivity (Wildman–Crippen MR) is 94.2 cm³/mol. The van der Waals surface area contributed by atoms with Crippen LogP contribution in [0.15, 0.2) is 41.1 Å². The molecule has 23 heavy (non-hydrogen) atoms. The lowest BCUT2D eigenvalue weighted by atomic mass is 10.2. The summed E-state index contributed by atoms with van der Waals surface area (Å²) in [4.78, 5) is 11.8. The molecule has 0 saturated heterocycles. The Bertz CT molecular complexity index is 650. The number of methoxy groups -OCH3 is 1. The van der Waals surface area contributed by atoms with Crippen LogP contribution >= 0.6 is 11.3 Å². The number of nitrogens with one attached hydrogen (secondary N) is 1. The number of hydrogen-bond acceptors (Lipinski definition) is 4. The van der Waals surface area contributed by atoms with Crippen LogP contribution in [0.4, 0.5) is 0 Å². The van der Waals surface area contributed by atoms with Crippen molar-refractivity contribution >= 4 is 23.3 Å². The lowest BCUT2D eigenvalue weighted by molar-refractivity contribution is -0.123.